The number of aryl methyl sites for hydroxylation is 1. The van der Waals surface area contributed by atoms with Crippen molar-refractivity contribution in [3.05, 3.63) is 36.2 Å². The van der Waals surface area contributed by atoms with E-state index in [9.17, 15) is 0 Å². The Kier molecular flexibility index (Phi) is 4.04. The summed E-state index contributed by atoms with van der Waals surface area (Å²) in [5, 5.41) is 19.0. The Morgan fingerprint density at radius 1 is 1.29 bits per heavy atom. The summed E-state index contributed by atoms with van der Waals surface area (Å²) in [7, 11) is 0. The van der Waals surface area contributed by atoms with E-state index in [1.54, 1.807) is 12.1 Å². The van der Waals surface area contributed by atoms with Crippen LogP contribution in [0.3, 0.4) is 0 Å². The quantitative estimate of drug-likeness (QED) is 0.637. The Hall–Kier alpha value is -1.95. The molecule has 0 unspecified atom stereocenters. The van der Waals surface area contributed by atoms with E-state index in [4.69, 9.17) is 5.11 Å². The van der Waals surface area contributed by atoms with Gasteiger partial charge in [0.2, 0.25) is 0 Å². The topological polar surface area (TPSA) is 86.7 Å². The van der Waals surface area contributed by atoms with E-state index in [0.29, 0.717) is 6.54 Å². The summed E-state index contributed by atoms with van der Waals surface area (Å²) in [6, 6.07) is 3.44. The first-order valence-corrected chi connectivity index (χ1v) is 5.53. The molecular formula is C11H15N5O. The summed E-state index contributed by atoms with van der Waals surface area (Å²) in [5.41, 5.74) is 0.919. The Morgan fingerprint density at radius 3 is 2.94 bits per heavy atom. The molecule has 3 N–H and O–H groups in total. The predicted molar refractivity (Wildman–Crippen MR) is 62.3 cm³/mol. The van der Waals surface area contributed by atoms with Crippen LogP contribution in [0.5, 0.6) is 5.75 Å². The predicted octanol–water partition coefficient (Wildman–Crippen LogP) is 0.628. The van der Waals surface area contributed by atoms with Crippen LogP contribution in [0.2, 0.25) is 0 Å². The van der Waals surface area contributed by atoms with Crippen LogP contribution < -0.4 is 5.32 Å². The zero-order chi connectivity index (χ0) is 11.9. The second-order valence-corrected chi connectivity index (χ2v) is 3.72. The van der Waals surface area contributed by atoms with E-state index >= 15 is 0 Å². The van der Waals surface area contributed by atoms with Gasteiger partial charge in [-0.15, -0.1) is 0 Å². The molecule has 17 heavy (non-hydrogen) atoms. The highest BCUT2D eigenvalue weighted by atomic mass is 16.3. The van der Waals surface area contributed by atoms with Gasteiger partial charge in [0.05, 0.1) is 11.9 Å². The van der Waals surface area contributed by atoms with Crippen LogP contribution in [0.15, 0.2) is 24.7 Å². The summed E-state index contributed by atoms with van der Waals surface area (Å²) in [6.45, 7) is 1.60. The van der Waals surface area contributed by atoms with Crippen molar-refractivity contribution >= 4 is 0 Å². The molecule has 0 aliphatic carbocycles. The Balaban J connectivity index is 1.61. The third-order valence-corrected chi connectivity index (χ3v) is 2.35. The maximum Gasteiger partial charge on any atom is 0.137 e. The van der Waals surface area contributed by atoms with Gasteiger partial charge in [0, 0.05) is 13.0 Å². The van der Waals surface area contributed by atoms with Gasteiger partial charge in [0.15, 0.2) is 0 Å². The molecule has 0 saturated carbocycles. The lowest BCUT2D eigenvalue weighted by Crippen LogP contribution is -2.16. The Bertz CT molecular complexity index is 426. The fourth-order valence-corrected chi connectivity index (χ4v) is 1.47. The van der Waals surface area contributed by atoms with Gasteiger partial charge in [-0.2, -0.15) is 5.10 Å². The second kappa shape index (κ2) is 5.95. The maximum atomic E-state index is 9.07. The largest absolute Gasteiger partial charge is 0.506 e. The zero-order valence-electron chi connectivity index (χ0n) is 9.43. The summed E-state index contributed by atoms with van der Waals surface area (Å²) < 4.78 is 0. The summed E-state index contributed by atoms with van der Waals surface area (Å²) in [5.74, 6) is 1.11. The third-order valence-electron chi connectivity index (χ3n) is 2.35. The molecular weight excluding hydrogens is 218 g/mol. The van der Waals surface area contributed by atoms with Gasteiger partial charge in [0.1, 0.15) is 17.9 Å². The number of aromatic amines is 1. The number of aromatic hydroxyl groups is 1. The molecule has 6 heteroatoms. The molecule has 0 aliphatic heterocycles. The minimum absolute atomic E-state index is 0.194. The van der Waals surface area contributed by atoms with Crippen LogP contribution in [-0.2, 0) is 13.0 Å². The van der Waals surface area contributed by atoms with Gasteiger partial charge < -0.3 is 10.4 Å². The molecule has 6 nitrogen and oxygen atoms in total. The Morgan fingerprint density at radius 2 is 2.24 bits per heavy atom. The molecule has 0 radical (unpaired) electrons. The molecule has 0 saturated heterocycles. The van der Waals surface area contributed by atoms with Gasteiger partial charge in [-0.25, -0.2) is 4.98 Å². The first kappa shape index (κ1) is 11.5. The van der Waals surface area contributed by atoms with Crippen molar-refractivity contribution in [3.63, 3.8) is 0 Å². The Labute approximate surface area is 99.1 Å². The van der Waals surface area contributed by atoms with E-state index in [0.717, 1.165) is 30.9 Å². The lowest BCUT2D eigenvalue weighted by Gasteiger charge is -2.03. The first-order chi connectivity index (χ1) is 8.34. The highest BCUT2D eigenvalue weighted by molar-refractivity contribution is 5.17. The average molecular weight is 233 g/mol. The average Bonchev–Trinajstić information content (AvgIpc) is 2.84. The van der Waals surface area contributed by atoms with E-state index in [-0.39, 0.29) is 5.75 Å². The smallest absolute Gasteiger partial charge is 0.137 e. The summed E-state index contributed by atoms with van der Waals surface area (Å²) in [4.78, 5) is 8.13. The fraction of sp³-hybridized carbons (Fsp3) is 0.364. The van der Waals surface area contributed by atoms with Gasteiger partial charge >= 0.3 is 0 Å². The molecule has 0 bridgehead atoms. The van der Waals surface area contributed by atoms with Gasteiger partial charge in [0.25, 0.3) is 0 Å². The van der Waals surface area contributed by atoms with Crippen molar-refractivity contribution in [3.8, 4) is 5.75 Å². The van der Waals surface area contributed by atoms with Crippen molar-refractivity contribution in [2.75, 3.05) is 6.54 Å². The number of hydrogen-bond donors (Lipinski definition) is 3. The van der Waals surface area contributed by atoms with Crippen LogP contribution in [0.4, 0.5) is 0 Å². The minimum Gasteiger partial charge on any atom is -0.506 e. The number of rotatable bonds is 6. The molecule has 2 aromatic heterocycles. The molecule has 2 aromatic rings. The molecule has 0 fully saturated rings. The molecule has 2 rings (SSSR count). The molecule has 2 heterocycles. The van der Waals surface area contributed by atoms with E-state index < -0.39 is 0 Å². The molecule has 0 aromatic carbocycles. The van der Waals surface area contributed by atoms with E-state index in [2.05, 4.69) is 25.5 Å². The van der Waals surface area contributed by atoms with Crippen molar-refractivity contribution in [1.82, 2.24) is 25.5 Å². The second-order valence-electron chi connectivity index (χ2n) is 3.72. The molecule has 0 atom stereocenters. The number of H-pyrrole nitrogens is 1. The number of hydrogen-bond acceptors (Lipinski definition) is 5. The standard InChI is InChI=1S/C11H15N5O/c17-10-4-3-9(13-7-10)6-12-5-1-2-11-14-8-15-16-11/h3-4,7-8,12,17H,1-2,5-6H2,(H,14,15,16). The highest BCUT2D eigenvalue weighted by Crippen LogP contribution is 2.05. The van der Waals surface area contributed by atoms with Crippen LogP contribution in [0, 0.1) is 0 Å². The number of nitrogens with zero attached hydrogens (tertiary/aromatic N) is 3. The number of aromatic nitrogens is 4. The van der Waals surface area contributed by atoms with Gasteiger partial charge in [-0.1, -0.05) is 0 Å². The number of pyridine rings is 1. The molecule has 0 spiro atoms. The molecule has 0 amide bonds. The lowest BCUT2D eigenvalue weighted by molar-refractivity contribution is 0.471. The van der Waals surface area contributed by atoms with Crippen molar-refractivity contribution in [1.29, 1.82) is 0 Å². The van der Waals surface area contributed by atoms with Crippen LogP contribution in [0.25, 0.3) is 0 Å². The monoisotopic (exact) mass is 233 g/mol. The molecule has 0 aliphatic rings. The summed E-state index contributed by atoms with van der Waals surface area (Å²) in [6.07, 6.45) is 4.85. The lowest BCUT2D eigenvalue weighted by atomic mass is 10.3. The van der Waals surface area contributed by atoms with E-state index in [1.807, 2.05) is 0 Å². The van der Waals surface area contributed by atoms with Crippen molar-refractivity contribution < 1.29 is 5.11 Å². The van der Waals surface area contributed by atoms with Gasteiger partial charge in [-0.3, -0.25) is 10.1 Å². The first-order valence-electron chi connectivity index (χ1n) is 5.53. The number of nitrogens with one attached hydrogen (secondary N) is 2. The van der Waals surface area contributed by atoms with Crippen LogP contribution in [0.1, 0.15) is 17.9 Å². The third kappa shape index (κ3) is 3.84. The van der Waals surface area contributed by atoms with Crippen molar-refractivity contribution in [2.45, 2.75) is 19.4 Å². The molecule has 90 valence electrons. The SMILES string of the molecule is Oc1ccc(CNCCCc2ncn[nH]2)nc1. The maximum absolute atomic E-state index is 9.07. The van der Waals surface area contributed by atoms with Crippen LogP contribution >= 0.6 is 0 Å². The highest BCUT2D eigenvalue weighted by Gasteiger charge is 1.97. The summed E-state index contributed by atoms with van der Waals surface area (Å²) >= 11 is 0. The zero-order valence-corrected chi connectivity index (χ0v) is 9.43. The van der Waals surface area contributed by atoms with Crippen LogP contribution in [-0.4, -0.2) is 31.8 Å². The fourth-order valence-electron chi connectivity index (χ4n) is 1.47. The van der Waals surface area contributed by atoms with E-state index in [1.165, 1.54) is 12.5 Å². The normalized spacial score (nSPS) is 10.6. The van der Waals surface area contributed by atoms with Gasteiger partial charge in [-0.05, 0) is 25.1 Å². The van der Waals surface area contributed by atoms with Crippen molar-refractivity contribution in [2.24, 2.45) is 0 Å². The minimum atomic E-state index is 0.194.